The van der Waals surface area contributed by atoms with Crippen LogP contribution in [0.2, 0.25) is 0 Å². The second kappa shape index (κ2) is 3.92. The van der Waals surface area contributed by atoms with Crippen molar-refractivity contribution in [2.75, 3.05) is 0 Å². The number of rotatable bonds is 2. The fourth-order valence-corrected chi connectivity index (χ4v) is 1.60. The van der Waals surface area contributed by atoms with Gasteiger partial charge in [-0.1, -0.05) is 30.3 Å². The maximum atomic E-state index is 4.21. The van der Waals surface area contributed by atoms with Crippen LogP contribution in [0.25, 0.3) is 0 Å². The third-order valence-corrected chi connectivity index (χ3v) is 2.52. The van der Waals surface area contributed by atoms with Crippen LogP contribution in [0, 0.1) is 0 Å². The second-order valence-corrected chi connectivity index (χ2v) is 3.79. The summed E-state index contributed by atoms with van der Waals surface area (Å²) in [6.45, 7) is 2.09. The van der Waals surface area contributed by atoms with E-state index in [-0.39, 0.29) is 6.04 Å². The lowest BCUT2D eigenvalue weighted by atomic mass is 10.1. The van der Waals surface area contributed by atoms with Crippen molar-refractivity contribution in [1.29, 1.82) is 0 Å². The van der Waals surface area contributed by atoms with E-state index >= 15 is 0 Å². The Balaban J connectivity index is 2.29. The Morgan fingerprint density at radius 1 is 1.29 bits per heavy atom. The topological polar surface area (TPSA) is 30.7 Å². The Bertz CT molecular complexity index is 410. The first-order valence-corrected chi connectivity index (χ1v) is 5.18. The van der Waals surface area contributed by atoms with Crippen molar-refractivity contribution in [3.8, 4) is 0 Å². The van der Waals surface area contributed by atoms with Crippen molar-refractivity contribution in [1.82, 2.24) is 14.8 Å². The molecule has 0 aliphatic heterocycles. The first-order valence-electron chi connectivity index (χ1n) is 4.39. The lowest BCUT2D eigenvalue weighted by molar-refractivity contribution is 0.560. The van der Waals surface area contributed by atoms with E-state index in [2.05, 4.69) is 45.1 Å². The van der Waals surface area contributed by atoms with Crippen molar-refractivity contribution in [3.05, 3.63) is 47.0 Å². The summed E-state index contributed by atoms with van der Waals surface area (Å²) in [5.41, 5.74) is 1.23. The Hall–Kier alpha value is -1.16. The highest BCUT2D eigenvalue weighted by Crippen LogP contribution is 2.16. The molecule has 0 bridgehead atoms. The molecule has 0 spiro atoms. The number of aromatic nitrogens is 3. The molecule has 0 aliphatic rings. The zero-order valence-corrected chi connectivity index (χ0v) is 9.35. The van der Waals surface area contributed by atoms with Gasteiger partial charge in [-0.15, -0.1) is 5.10 Å². The fourth-order valence-electron chi connectivity index (χ4n) is 1.32. The molecular weight excluding hydrogens is 242 g/mol. The highest BCUT2D eigenvalue weighted by atomic mass is 79.9. The Kier molecular flexibility index (Phi) is 2.63. The van der Waals surface area contributed by atoms with Crippen molar-refractivity contribution in [2.45, 2.75) is 13.0 Å². The average molecular weight is 252 g/mol. The molecular formula is C10H10BrN3. The van der Waals surface area contributed by atoms with Crippen LogP contribution < -0.4 is 0 Å². The maximum absolute atomic E-state index is 4.21. The number of hydrogen-bond donors (Lipinski definition) is 0. The van der Waals surface area contributed by atoms with Gasteiger partial charge in [0.05, 0.1) is 6.04 Å². The molecule has 72 valence electrons. The van der Waals surface area contributed by atoms with E-state index in [4.69, 9.17) is 0 Å². The lowest BCUT2D eigenvalue weighted by Gasteiger charge is -2.10. The van der Waals surface area contributed by atoms with Crippen LogP contribution in [0.4, 0.5) is 0 Å². The van der Waals surface area contributed by atoms with Crippen LogP contribution in [0.3, 0.4) is 0 Å². The Labute approximate surface area is 90.9 Å². The molecule has 0 aliphatic carbocycles. The van der Waals surface area contributed by atoms with Crippen molar-refractivity contribution < 1.29 is 0 Å². The molecule has 2 rings (SSSR count). The van der Waals surface area contributed by atoms with Gasteiger partial charge in [0.1, 0.15) is 6.33 Å². The minimum absolute atomic E-state index is 0.218. The van der Waals surface area contributed by atoms with Crippen molar-refractivity contribution in [2.24, 2.45) is 0 Å². The molecule has 1 atom stereocenters. The van der Waals surface area contributed by atoms with Gasteiger partial charge in [-0.25, -0.2) is 9.67 Å². The SMILES string of the molecule is CC(c1ccccc1)n1cnc(Br)n1. The summed E-state index contributed by atoms with van der Waals surface area (Å²) in [5, 5.41) is 4.21. The predicted molar refractivity (Wildman–Crippen MR) is 58.0 cm³/mol. The van der Waals surface area contributed by atoms with E-state index in [9.17, 15) is 0 Å². The first-order chi connectivity index (χ1) is 6.77. The summed E-state index contributed by atoms with van der Waals surface area (Å²) < 4.78 is 2.46. The van der Waals surface area contributed by atoms with Gasteiger partial charge < -0.3 is 0 Å². The highest BCUT2D eigenvalue weighted by Gasteiger charge is 2.08. The molecule has 3 nitrogen and oxygen atoms in total. The molecule has 2 aromatic rings. The molecule has 4 heteroatoms. The van der Waals surface area contributed by atoms with Crippen LogP contribution in [-0.2, 0) is 0 Å². The molecule has 0 N–H and O–H groups in total. The summed E-state index contributed by atoms with van der Waals surface area (Å²) in [4.78, 5) is 4.03. The van der Waals surface area contributed by atoms with E-state index in [1.807, 2.05) is 22.9 Å². The first kappa shape index (κ1) is 9.40. The summed E-state index contributed by atoms with van der Waals surface area (Å²) in [7, 11) is 0. The maximum Gasteiger partial charge on any atom is 0.217 e. The molecule has 0 fully saturated rings. The van der Waals surface area contributed by atoms with Crippen molar-refractivity contribution in [3.63, 3.8) is 0 Å². The largest absolute Gasteiger partial charge is 0.245 e. The molecule has 0 saturated heterocycles. The zero-order chi connectivity index (χ0) is 9.97. The van der Waals surface area contributed by atoms with E-state index < -0.39 is 0 Å². The molecule has 1 aromatic carbocycles. The Morgan fingerprint density at radius 2 is 2.00 bits per heavy atom. The normalized spacial score (nSPS) is 12.7. The number of hydrogen-bond acceptors (Lipinski definition) is 2. The summed E-state index contributed by atoms with van der Waals surface area (Å²) in [5.74, 6) is 0. The van der Waals surface area contributed by atoms with E-state index in [1.54, 1.807) is 6.33 Å². The molecule has 0 radical (unpaired) electrons. The highest BCUT2D eigenvalue weighted by molar-refractivity contribution is 9.10. The molecule has 14 heavy (non-hydrogen) atoms. The van der Waals surface area contributed by atoms with Gasteiger partial charge in [0, 0.05) is 0 Å². The van der Waals surface area contributed by atoms with Crippen LogP contribution in [0.1, 0.15) is 18.5 Å². The van der Waals surface area contributed by atoms with Crippen molar-refractivity contribution >= 4 is 15.9 Å². The zero-order valence-electron chi connectivity index (χ0n) is 7.76. The minimum Gasteiger partial charge on any atom is -0.245 e. The number of halogens is 1. The van der Waals surface area contributed by atoms with Crippen LogP contribution in [-0.4, -0.2) is 14.8 Å². The average Bonchev–Trinajstić information content (AvgIpc) is 2.65. The van der Waals surface area contributed by atoms with Gasteiger partial charge in [0.15, 0.2) is 0 Å². The van der Waals surface area contributed by atoms with Crippen LogP contribution in [0.15, 0.2) is 41.4 Å². The van der Waals surface area contributed by atoms with E-state index in [1.165, 1.54) is 5.56 Å². The third kappa shape index (κ3) is 1.85. The minimum atomic E-state index is 0.218. The number of nitrogens with zero attached hydrogens (tertiary/aromatic N) is 3. The van der Waals surface area contributed by atoms with Gasteiger partial charge in [0.25, 0.3) is 0 Å². The third-order valence-electron chi connectivity index (χ3n) is 2.16. The molecule has 1 heterocycles. The summed E-state index contributed by atoms with van der Waals surface area (Å²) in [6.07, 6.45) is 1.72. The molecule has 0 saturated carbocycles. The van der Waals surface area contributed by atoms with Crippen LogP contribution >= 0.6 is 15.9 Å². The summed E-state index contributed by atoms with van der Waals surface area (Å²) >= 11 is 3.23. The van der Waals surface area contributed by atoms with Gasteiger partial charge >= 0.3 is 0 Å². The molecule has 0 amide bonds. The standard InChI is InChI=1S/C10H10BrN3/c1-8(9-5-3-2-4-6-9)14-7-12-10(11)13-14/h2-8H,1H3. The summed E-state index contributed by atoms with van der Waals surface area (Å²) in [6, 6.07) is 10.4. The number of benzene rings is 1. The van der Waals surface area contributed by atoms with Gasteiger partial charge in [-0.2, -0.15) is 0 Å². The fraction of sp³-hybridized carbons (Fsp3) is 0.200. The smallest absolute Gasteiger partial charge is 0.217 e. The molecule has 1 unspecified atom stereocenters. The van der Waals surface area contributed by atoms with E-state index in [0.29, 0.717) is 4.73 Å². The van der Waals surface area contributed by atoms with Gasteiger partial charge in [-0.05, 0) is 28.4 Å². The van der Waals surface area contributed by atoms with Crippen LogP contribution in [0.5, 0.6) is 0 Å². The predicted octanol–water partition coefficient (Wildman–Crippen LogP) is 2.65. The molecule has 1 aromatic heterocycles. The van der Waals surface area contributed by atoms with Gasteiger partial charge in [-0.3, -0.25) is 0 Å². The lowest BCUT2D eigenvalue weighted by Crippen LogP contribution is -2.06. The Morgan fingerprint density at radius 3 is 2.57 bits per heavy atom. The van der Waals surface area contributed by atoms with E-state index in [0.717, 1.165) is 0 Å². The second-order valence-electron chi connectivity index (χ2n) is 3.08. The van der Waals surface area contributed by atoms with Gasteiger partial charge in [0.2, 0.25) is 4.73 Å². The monoisotopic (exact) mass is 251 g/mol. The quantitative estimate of drug-likeness (QED) is 0.822.